The summed E-state index contributed by atoms with van der Waals surface area (Å²) in [5.74, 6) is 0. The van der Waals surface area contributed by atoms with Crippen molar-refractivity contribution in [2.24, 2.45) is 0 Å². The molecule has 1 aliphatic rings. The molecule has 0 bridgehead atoms. The quantitative estimate of drug-likeness (QED) is 0.394. The SMILES string of the molecule is C1CCCC1.N=C=S. The Hall–Kier alpha value is -0.200. The number of nitrogens with one attached hydrogen (secondary N) is 1. The molecule has 0 aromatic heterocycles. The second kappa shape index (κ2) is 6.80. The second-order valence-electron chi connectivity index (χ2n) is 1.87. The lowest BCUT2D eigenvalue weighted by Gasteiger charge is -1.67. The van der Waals surface area contributed by atoms with Gasteiger partial charge in [-0.1, -0.05) is 32.1 Å². The Morgan fingerprint density at radius 3 is 1.25 bits per heavy atom. The van der Waals surface area contributed by atoms with Crippen LogP contribution in [-0.2, 0) is 0 Å². The zero-order valence-corrected chi connectivity index (χ0v) is 5.76. The molecule has 1 fully saturated rings. The number of thiocarbonyl (C=S) groups is 1. The van der Waals surface area contributed by atoms with Gasteiger partial charge < -0.3 is 0 Å². The molecular formula is C6H11NS. The molecule has 1 nitrogen and oxygen atoms in total. The zero-order valence-electron chi connectivity index (χ0n) is 4.94. The lowest BCUT2D eigenvalue weighted by molar-refractivity contribution is 0.886. The summed E-state index contributed by atoms with van der Waals surface area (Å²) < 4.78 is 0. The molecule has 0 radical (unpaired) electrons. The van der Waals surface area contributed by atoms with Crippen LogP contribution in [0.1, 0.15) is 32.1 Å². The lowest BCUT2D eigenvalue weighted by Crippen LogP contribution is -1.47. The minimum absolute atomic E-state index is 1.50. The van der Waals surface area contributed by atoms with Gasteiger partial charge in [-0.25, -0.2) is 5.41 Å². The normalized spacial score (nSPS) is 16.0. The molecule has 1 N–H and O–H groups in total. The van der Waals surface area contributed by atoms with Crippen LogP contribution in [0.4, 0.5) is 0 Å². The van der Waals surface area contributed by atoms with Crippen molar-refractivity contribution in [2.75, 3.05) is 0 Å². The fraction of sp³-hybridized carbons (Fsp3) is 0.833. The van der Waals surface area contributed by atoms with E-state index in [1.807, 2.05) is 0 Å². The predicted molar refractivity (Wildman–Crippen MR) is 38.4 cm³/mol. The highest BCUT2D eigenvalue weighted by Crippen LogP contribution is 2.15. The van der Waals surface area contributed by atoms with Gasteiger partial charge in [0.2, 0.25) is 0 Å². The maximum absolute atomic E-state index is 5.77. The molecule has 0 aromatic carbocycles. The average Bonchev–Trinajstić information content (AvgIpc) is 2.17. The Balaban J connectivity index is 0.000000145. The van der Waals surface area contributed by atoms with Gasteiger partial charge in [-0.3, -0.25) is 0 Å². The van der Waals surface area contributed by atoms with Gasteiger partial charge in [-0.15, -0.1) is 0 Å². The third-order valence-corrected chi connectivity index (χ3v) is 1.25. The van der Waals surface area contributed by atoms with Crippen LogP contribution in [0.25, 0.3) is 0 Å². The van der Waals surface area contributed by atoms with Crippen LogP contribution in [0.15, 0.2) is 0 Å². The number of isothiocyanates is 1. The Labute approximate surface area is 55.6 Å². The fourth-order valence-corrected chi connectivity index (χ4v) is 0.884. The highest BCUT2D eigenvalue weighted by molar-refractivity contribution is 7.78. The van der Waals surface area contributed by atoms with Crippen LogP contribution in [0.3, 0.4) is 0 Å². The van der Waals surface area contributed by atoms with E-state index in [-0.39, 0.29) is 0 Å². The van der Waals surface area contributed by atoms with Crippen molar-refractivity contribution < 1.29 is 0 Å². The van der Waals surface area contributed by atoms with E-state index in [0.717, 1.165) is 0 Å². The summed E-state index contributed by atoms with van der Waals surface area (Å²) in [6.45, 7) is 0. The van der Waals surface area contributed by atoms with Crippen molar-refractivity contribution in [3.8, 4) is 0 Å². The Bertz CT molecular complexity index is 63.0. The fourth-order valence-electron chi connectivity index (χ4n) is 0.884. The first-order chi connectivity index (χ1) is 3.91. The molecule has 0 heterocycles. The minimum atomic E-state index is 1.50. The van der Waals surface area contributed by atoms with Crippen molar-refractivity contribution in [3.05, 3.63) is 0 Å². The van der Waals surface area contributed by atoms with Gasteiger partial charge in [0.25, 0.3) is 0 Å². The van der Waals surface area contributed by atoms with E-state index in [0.29, 0.717) is 0 Å². The third-order valence-electron chi connectivity index (χ3n) is 1.25. The molecule has 0 amide bonds. The standard InChI is InChI=1S/C5H10.CHNS/c1-2-4-5-3-1;2-1-3/h1-5H2;2H. The highest BCUT2D eigenvalue weighted by atomic mass is 32.1. The van der Waals surface area contributed by atoms with Gasteiger partial charge in [-0.05, 0) is 12.2 Å². The van der Waals surface area contributed by atoms with Crippen molar-refractivity contribution in [2.45, 2.75) is 32.1 Å². The summed E-state index contributed by atoms with van der Waals surface area (Å²) in [5, 5.41) is 7.36. The van der Waals surface area contributed by atoms with Crippen LogP contribution in [-0.4, -0.2) is 5.16 Å². The van der Waals surface area contributed by atoms with Gasteiger partial charge in [0, 0.05) is 0 Å². The summed E-state index contributed by atoms with van der Waals surface area (Å²) in [6.07, 6.45) is 7.50. The number of hydrogen-bond acceptors (Lipinski definition) is 2. The third kappa shape index (κ3) is 5.80. The van der Waals surface area contributed by atoms with E-state index < -0.39 is 0 Å². The summed E-state index contributed by atoms with van der Waals surface area (Å²) in [5.41, 5.74) is 0. The van der Waals surface area contributed by atoms with Gasteiger partial charge in [0.1, 0.15) is 0 Å². The van der Waals surface area contributed by atoms with Crippen LogP contribution in [0.2, 0.25) is 0 Å². The Morgan fingerprint density at radius 2 is 1.12 bits per heavy atom. The lowest BCUT2D eigenvalue weighted by atomic mass is 10.4. The molecule has 46 valence electrons. The molecule has 1 saturated carbocycles. The van der Waals surface area contributed by atoms with Crippen molar-refractivity contribution in [1.29, 1.82) is 5.41 Å². The van der Waals surface area contributed by atoms with Gasteiger partial charge in [-0.2, -0.15) is 0 Å². The van der Waals surface area contributed by atoms with E-state index in [1.165, 1.54) is 32.1 Å². The molecule has 1 rings (SSSR count). The Kier molecular flexibility index (Phi) is 6.63. The number of hydrogen-bond donors (Lipinski definition) is 1. The largest absolute Gasteiger partial charge is 0.248 e. The van der Waals surface area contributed by atoms with E-state index in [1.54, 1.807) is 5.16 Å². The van der Waals surface area contributed by atoms with Crippen molar-refractivity contribution in [3.63, 3.8) is 0 Å². The second-order valence-corrected chi connectivity index (χ2v) is 2.07. The van der Waals surface area contributed by atoms with E-state index in [4.69, 9.17) is 5.41 Å². The van der Waals surface area contributed by atoms with Crippen LogP contribution in [0, 0.1) is 5.41 Å². The van der Waals surface area contributed by atoms with E-state index in [2.05, 4.69) is 12.2 Å². The van der Waals surface area contributed by atoms with Gasteiger partial charge in [0.15, 0.2) is 0 Å². The smallest absolute Gasteiger partial charge is 0.0554 e. The maximum Gasteiger partial charge on any atom is 0.0554 e. The summed E-state index contributed by atoms with van der Waals surface area (Å²) in [4.78, 5) is 0. The van der Waals surface area contributed by atoms with Crippen LogP contribution < -0.4 is 0 Å². The first-order valence-electron chi connectivity index (χ1n) is 2.95. The van der Waals surface area contributed by atoms with E-state index in [9.17, 15) is 0 Å². The maximum atomic E-state index is 5.77. The molecule has 0 aliphatic heterocycles. The summed E-state index contributed by atoms with van der Waals surface area (Å²) >= 11 is 3.81. The molecule has 0 atom stereocenters. The molecule has 0 saturated heterocycles. The predicted octanol–water partition coefficient (Wildman–Crippen LogP) is 2.62. The highest BCUT2D eigenvalue weighted by Gasteiger charge is 1.95. The molecule has 0 spiro atoms. The van der Waals surface area contributed by atoms with Gasteiger partial charge >= 0.3 is 0 Å². The monoisotopic (exact) mass is 129 g/mol. The van der Waals surface area contributed by atoms with E-state index >= 15 is 0 Å². The molecule has 2 heteroatoms. The number of rotatable bonds is 0. The first-order valence-corrected chi connectivity index (χ1v) is 3.36. The molecular weight excluding hydrogens is 118 g/mol. The molecule has 8 heavy (non-hydrogen) atoms. The topological polar surface area (TPSA) is 23.9 Å². The summed E-state index contributed by atoms with van der Waals surface area (Å²) in [6, 6.07) is 0. The zero-order chi connectivity index (χ0) is 6.24. The Morgan fingerprint density at radius 1 is 1.00 bits per heavy atom. The molecule has 1 aliphatic carbocycles. The molecule has 0 unspecified atom stereocenters. The van der Waals surface area contributed by atoms with Crippen molar-refractivity contribution in [1.82, 2.24) is 0 Å². The van der Waals surface area contributed by atoms with Crippen LogP contribution >= 0.6 is 12.2 Å². The first kappa shape index (κ1) is 7.80. The van der Waals surface area contributed by atoms with Crippen LogP contribution in [0.5, 0.6) is 0 Å². The minimum Gasteiger partial charge on any atom is -0.248 e. The van der Waals surface area contributed by atoms with Crippen molar-refractivity contribution >= 4 is 17.4 Å². The summed E-state index contributed by atoms with van der Waals surface area (Å²) in [7, 11) is 0. The average molecular weight is 129 g/mol. The molecule has 0 aromatic rings. The van der Waals surface area contributed by atoms with Gasteiger partial charge in [0.05, 0.1) is 5.16 Å².